The first-order chi connectivity index (χ1) is 16.9. The average molecular weight is 497 g/mol. The number of aromatic amines is 1. The summed E-state index contributed by atoms with van der Waals surface area (Å²) in [6.45, 7) is 1.10. The minimum atomic E-state index is -4.07. The van der Waals surface area contributed by atoms with Crippen LogP contribution < -0.4 is 19.6 Å². The minimum absolute atomic E-state index is 0.00986. The molecule has 0 bridgehead atoms. The number of urea groups is 1. The fourth-order valence-electron chi connectivity index (χ4n) is 3.14. The van der Waals surface area contributed by atoms with E-state index in [0.29, 0.717) is 36.5 Å². The Bertz CT molecular complexity index is 1390. The number of hydrogen-bond acceptors (Lipinski definition) is 7. The molecule has 0 radical (unpaired) electrons. The molecule has 11 heteroatoms. The molecule has 35 heavy (non-hydrogen) atoms. The first-order valence-corrected chi connectivity index (χ1v) is 12.1. The van der Waals surface area contributed by atoms with Crippen molar-refractivity contribution in [3.63, 3.8) is 0 Å². The Morgan fingerprint density at radius 3 is 2.49 bits per heavy atom. The van der Waals surface area contributed by atoms with E-state index in [1.54, 1.807) is 18.2 Å². The van der Waals surface area contributed by atoms with Crippen LogP contribution in [0.3, 0.4) is 0 Å². The van der Waals surface area contributed by atoms with E-state index in [1.807, 2.05) is 30.3 Å². The van der Waals surface area contributed by atoms with Crippen LogP contribution in [-0.4, -0.2) is 44.7 Å². The molecule has 0 saturated heterocycles. The highest BCUT2D eigenvalue weighted by Gasteiger charge is 2.18. The van der Waals surface area contributed by atoms with Crippen molar-refractivity contribution in [1.82, 2.24) is 15.3 Å². The zero-order valence-electron chi connectivity index (χ0n) is 18.9. The highest BCUT2D eigenvalue weighted by Crippen LogP contribution is 2.25. The molecule has 0 unspecified atom stereocenters. The van der Waals surface area contributed by atoms with E-state index in [0.717, 1.165) is 5.56 Å². The quantitative estimate of drug-likeness (QED) is 0.225. The number of nitrogens with one attached hydrogen (secondary N) is 3. The molecule has 4 aromatic rings. The number of ether oxygens (including phenoxy) is 2. The number of aromatic nitrogens is 2. The number of fused-ring (bicyclic) bond motifs is 1. The first kappa shape index (κ1) is 24.0. The molecule has 1 aromatic heterocycles. The van der Waals surface area contributed by atoms with Gasteiger partial charge in [-0.2, -0.15) is 8.42 Å². The van der Waals surface area contributed by atoms with Crippen molar-refractivity contribution < 1.29 is 26.9 Å². The number of carbonyl (C=O) groups is 1. The lowest BCUT2D eigenvalue weighted by Gasteiger charge is -2.09. The third kappa shape index (κ3) is 6.49. The van der Waals surface area contributed by atoms with Crippen LogP contribution in [0, 0.1) is 0 Å². The van der Waals surface area contributed by atoms with Gasteiger partial charge in [-0.3, -0.25) is 5.32 Å². The van der Waals surface area contributed by atoms with Gasteiger partial charge in [-0.25, -0.2) is 9.78 Å². The standard InChI is InChI=1S/C24H24N4O6S/c1-32-14-13-25-24(29)28-23-26-21-12-9-19(15-22(21)27-23)34-35(30,31)20-10-7-18(8-11-20)33-16-17-5-3-2-4-6-17/h2-12,15H,13-14,16H2,1H3,(H3,25,26,27,28,29). The summed E-state index contributed by atoms with van der Waals surface area (Å²) in [4.78, 5) is 19.0. The molecule has 3 N–H and O–H groups in total. The molecule has 0 spiro atoms. The maximum atomic E-state index is 12.7. The number of nitrogens with zero attached hydrogens (tertiary/aromatic N) is 1. The second kappa shape index (κ2) is 10.9. The van der Waals surface area contributed by atoms with Gasteiger partial charge >= 0.3 is 16.1 Å². The monoisotopic (exact) mass is 496 g/mol. The van der Waals surface area contributed by atoms with Crippen molar-refractivity contribution in [3.05, 3.63) is 78.4 Å². The van der Waals surface area contributed by atoms with E-state index in [9.17, 15) is 13.2 Å². The van der Waals surface area contributed by atoms with Crippen LogP contribution in [0.15, 0.2) is 77.7 Å². The normalized spacial score (nSPS) is 11.2. The van der Waals surface area contributed by atoms with Crippen LogP contribution >= 0.6 is 0 Å². The second-order valence-electron chi connectivity index (χ2n) is 7.42. The Morgan fingerprint density at radius 2 is 1.74 bits per heavy atom. The van der Waals surface area contributed by atoms with E-state index in [4.69, 9.17) is 13.7 Å². The van der Waals surface area contributed by atoms with Gasteiger partial charge in [0, 0.05) is 19.7 Å². The highest BCUT2D eigenvalue weighted by atomic mass is 32.2. The number of imidazole rings is 1. The maximum absolute atomic E-state index is 12.7. The van der Waals surface area contributed by atoms with Gasteiger partial charge in [-0.15, -0.1) is 0 Å². The summed E-state index contributed by atoms with van der Waals surface area (Å²) in [5, 5.41) is 5.18. The largest absolute Gasteiger partial charge is 0.489 e. The summed E-state index contributed by atoms with van der Waals surface area (Å²) in [5.41, 5.74) is 2.03. The van der Waals surface area contributed by atoms with Crippen molar-refractivity contribution in [2.75, 3.05) is 25.6 Å². The lowest BCUT2D eigenvalue weighted by Crippen LogP contribution is -2.31. The Morgan fingerprint density at radius 1 is 1.00 bits per heavy atom. The average Bonchev–Trinajstić information content (AvgIpc) is 3.25. The summed E-state index contributed by atoms with van der Waals surface area (Å²) in [6.07, 6.45) is 0. The molecule has 0 atom stereocenters. The number of benzene rings is 3. The number of H-pyrrole nitrogens is 1. The maximum Gasteiger partial charge on any atom is 0.339 e. The van der Waals surface area contributed by atoms with E-state index in [1.165, 1.54) is 31.4 Å². The smallest absolute Gasteiger partial charge is 0.339 e. The molecule has 4 rings (SSSR count). The van der Waals surface area contributed by atoms with Crippen LogP contribution in [0.5, 0.6) is 11.5 Å². The predicted octanol–water partition coefficient (Wildman–Crippen LogP) is 3.68. The van der Waals surface area contributed by atoms with Crippen molar-refractivity contribution in [1.29, 1.82) is 0 Å². The fraction of sp³-hybridized carbons (Fsp3) is 0.167. The molecule has 0 fully saturated rings. The van der Waals surface area contributed by atoms with Crippen molar-refractivity contribution >= 4 is 33.1 Å². The Balaban J connectivity index is 1.39. The number of amides is 2. The topological polar surface area (TPSA) is 132 Å². The Kier molecular flexibility index (Phi) is 7.48. The molecule has 3 aromatic carbocycles. The van der Waals surface area contributed by atoms with Crippen molar-refractivity contribution in [2.24, 2.45) is 0 Å². The summed E-state index contributed by atoms with van der Waals surface area (Å²) >= 11 is 0. The Hall–Kier alpha value is -4.09. The van der Waals surface area contributed by atoms with Crippen LogP contribution in [0.1, 0.15) is 5.56 Å². The zero-order valence-corrected chi connectivity index (χ0v) is 19.7. The van der Waals surface area contributed by atoms with E-state index >= 15 is 0 Å². The summed E-state index contributed by atoms with van der Waals surface area (Å²) in [5.74, 6) is 0.848. The zero-order chi connectivity index (χ0) is 24.7. The predicted molar refractivity (Wildman–Crippen MR) is 130 cm³/mol. The van der Waals surface area contributed by atoms with Crippen LogP contribution in [-0.2, 0) is 21.5 Å². The van der Waals surface area contributed by atoms with Gasteiger partial charge in [0.1, 0.15) is 23.0 Å². The molecular weight excluding hydrogens is 472 g/mol. The summed E-state index contributed by atoms with van der Waals surface area (Å²) in [6, 6.07) is 19.8. The van der Waals surface area contributed by atoms with E-state index < -0.39 is 16.1 Å². The molecule has 0 aliphatic heterocycles. The van der Waals surface area contributed by atoms with Gasteiger partial charge in [0.2, 0.25) is 5.95 Å². The van der Waals surface area contributed by atoms with Gasteiger partial charge in [0.05, 0.1) is 17.6 Å². The van der Waals surface area contributed by atoms with Gasteiger partial charge in [-0.05, 0) is 42.0 Å². The molecule has 2 amide bonds. The molecule has 10 nitrogen and oxygen atoms in total. The lowest BCUT2D eigenvalue weighted by atomic mass is 10.2. The van der Waals surface area contributed by atoms with Crippen molar-refractivity contribution in [3.8, 4) is 11.5 Å². The fourth-order valence-corrected chi connectivity index (χ4v) is 4.06. The molecule has 182 valence electrons. The van der Waals surface area contributed by atoms with Crippen molar-refractivity contribution in [2.45, 2.75) is 11.5 Å². The van der Waals surface area contributed by atoms with Gasteiger partial charge < -0.3 is 24.0 Å². The molecular formula is C24H24N4O6S. The number of rotatable bonds is 10. The summed E-state index contributed by atoms with van der Waals surface area (Å²) in [7, 11) is -2.54. The third-order valence-electron chi connectivity index (χ3n) is 4.84. The Labute approximate surface area is 202 Å². The third-order valence-corrected chi connectivity index (χ3v) is 6.11. The number of hydrogen-bond donors (Lipinski definition) is 3. The van der Waals surface area contributed by atoms with E-state index in [2.05, 4.69) is 20.6 Å². The molecule has 1 heterocycles. The van der Waals surface area contributed by atoms with Crippen LogP contribution in [0.25, 0.3) is 11.0 Å². The number of carbonyl (C=O) groups excluding carboxylic acids is 1. The number of methoxy groups -OCH3 is 1. The first-order valence-electron chi connectivity index (χ1n) is 10.7. The second-order valence-corrected chi connectivity index (χ2v) is 8.97. The van der Waals surface area contributed by atoms with E-state index in [-0.39, 0.29) is 16.6 Å². The van der Waals surface area contributed by atoms with Gasteiger partial charge in [-0.1, -0.05) is 30.3 Å². The van der Waals surface area contributed by atoms with Crippen LogP contribution in [0.2, 0.25) is 0 Å². The van der Waals surface area contributed by atoms with Gasteiger partial charge in [0.25, 0.3) is 0 Å². The number of anilines is 1. The van der Waals surface area contributed by atoms with Gasteiger partial charge in [0.15, 0.2) is 0 Å². The molecule has 0 saturated carbocycles. The lowest BCUT2D eigenvalue weighted by molar-refractivity contribution is 0.198. The molecule has 0 aliphatic rings. The SMILES string of the molecule is COCCNC(=O)Nc1nc2ccc(OS(=O)(=O)c3ccc(OCc4ccccc4)cc3)cc2[nH]1. The highest BCUT2D eigenvalue weighted by molar-refractivity contribution is 7.87. The van der Waals surface area contributed by atoms with Crippen LogP contribution in [0.4, 0.5) is 10.7 Å². The minimum Gasteiger partial charge on any atom is -0.489 e. The molecule has 0 aliphatic carbocycles. The summed E-state index contributed by atoms with van der Waals surface area (Å²) < 4.78 is 41.3.